The smallest absolute Gasteiger partial charge is 0.0931 e. The van der Waals surface area contributed by atoms with E-state index in [-0.39, 0.29) is 0 Å². The fraction of sp³-hybridized carbons (Fsp3) is 0.375. The number of rotatable bonds is 6. The third-order valence-corrected chi connectivity index (χ3v) is 4.94. The Morgan fingerprint density at radius 2 is 2.00 bits per heavy atom. The molecule has 0 amide bonds. The van der Waals surface area contributed by atoms with Gasteiger partial charge in [0.1, 0.15) is 0 Å². The second kappa shape index (κ2) is 7.46. The van der Waals surface area contributed by atoms with Gasteiger partial charge in [0.2, 0.25) is 0 Å². The van der Waals surface area contributed by atoms with Crippen molar-refractivity contribution in [2.45, 2.75) is 32.7 Å². The van der Waals surface area contributed by atoms with Crippen molar-refractivity contribution in [3.05, 3.63) is 55.7 Å². The Balaban J connectivity index is 2.19. The van der Waals surface area contributed by atoms with Gasteiger partial charge in [0, 0.05) is 22.4 Å². The molecule has 0 saturated carbocycles. The number of halogens is 2. The van der Waals surface area contributed by atoms with Gasteiger partial charge in [0.15, 0.2) is 0 Å². The summed E-state index contributed by atoms with van der Waals surface area (Å²) >= 11 is 13.8. The van der Waals surface area contributed by atoms with Crippen LogP contribution < -0.4 is 5.32 Å². The van der Waals surface area contributed by atoms with Crippen molar-refractivity contribution < 1.29 is 0 Å². The van der Waals surface area contributed by atoms with Crippen LogP contribution in [0.5, 0.6) is 0 Å². The van der Waals surface area contributed by atoms with Gasteiger partial charge < -0.3 is 5.32 Å². The quantitative estimate of drug-likeness (QED) is 0.723. The molecule has 1 atom stereocenters. The highest BCUT2D eigenvalue weighted by molar-refractivity contribution is 7.16. The molecule has 1 N–H and O–H groups in total. The van der Waals surface area contributed by atoms with E-state index in [1.54, 1.807) is 11.3 Å². The molecule has 1 unspecified atom stereocenters. The lowest BCUT2D eigenvalue weighted by Crippen LogP contribution is -2.23. The Hall–Kier alpha value is -0.540. The largest absolute Gasteiger partial charge is 0.310 e. The van der Waals surface area contributed by atoms with Crippen LogP contribution in [0.15, 0.2) is 30.3 Å². The summed E-state index contributed by atoms with van der Waals surface area (Å²) in [5.74, 6) is 0. The average molecular weight is 328 g/mol. The topological polar surface area (TPSA) is 12.0 Å². The van der Waals surface area contributed by atoms with Gasteiger partial charge in [-0.15, -0.1) is 11.3 Å². The molecule has 108 valence electrons. The summed E-state index contributed by atoms with van der Waals surface area (Å²) in [7, 11) is 0. The summed E-state index contributed by atoms with van der Waals surface area (Å²) in [6.45, 7) is 5.23. The molecule has 20 heavy (non-hydrogen) atoms. The van der Waals surface area contributed by atoms with Crippen LogP contribution in [0.3, 0.4) is 0 Å². The molecule has 2 aromatic rings. The van der Waals surface area contributed by atoms with Crippen molar-refractivity contribution in [3.8, 4) is 0 Å². The number of hydrogen-bond acceptors (Lipinski definition) is 2. The molecule has 0 aliphatic rings. The van der Waals surface area contributed by atoms with Crippen molar-refractivity contribution in [3.63, 3.8) is 0 Å². The van der Waals surface area contributed by atoms with Gasteiger partial charge in [-0.3, -0.25) is 0 Å². The Labute approximate surface area is 134 Å². The Morgan fingerprint density at radius 1 is 1.20 bits per heavy atom. The third-order valence-electron chi connectivity index (χ3n) is 3.26. The molecule has 1 aromatic heterocycles. The van der Waals surface area contributed by atoms with E-state index in [1.807, 2.05) is 19.1 Å². The fourth-order valence-electron chi connectivity index (χ4n) is 2.17. The lowest BCUT2D eigenvalue weighted by atomic mass is 10.0. The molecule has 0 fully saturated rings. The summed E-state index contributed by atoms with van der Waals surface area (Å²) in [4.78, 5) is 1.30. The number of nitrogens with one attached hydrogen (secondary N) is 1. The number of benzene rings is 1. The van der Waals surface area contributed by atoms with E-state index in [9.17, 15) is 0 Å². The molecule has 0 spiro atoms. The van der Waals surface area contributed by atoms with E-state index >= 15 is 0 Å². The monoisotopic (exact) mass is 327 g/mol. The van der Waals surface area contributed by atoms with E-state index in [1.165, 1.54) is 10.4 Å². The first-order valence-corrected chi connectivity index (χ1v) is 8.41. The maximum absolute atomic E-state index is 6.12. The molecule has 0 aliphatic heterocycles. The third kappa shape index (κ3) is 4.23. The average Bonchev–Trinajstić information content (AvgIpc) is 2.83. The van der Waals surface area contributed by atoms with Gasteiger partial charge in [-0.2, -0.15) is 0 Å². The van der Waals surface area contributed by atoms with E-state index in [2.05, 4.69) is 30.4 Å². The molecule has 1 aromatic carbocycles. The summed E-state index contributed by atoms with van der Waals surface area (Å²) in [5.41, 5.74) is 2.40. The second-order valence-corrected chi connectivity index (χ2v) is 7.13. The molecule has 0 aliphatic carbocycles. The maximum atomic E-state index is 6.12. The van der Waals surface area contributed by atoms with E-state index in [0.29, 0.717) is 6.04 Å². The molecule has 2 rings (SSSR count). The number of thiophene rings is 1. The van der Waals surface area contributed by atoms with E-state index in [4.69, 9.17) is 23.2 Å². The SMILES string of the molecule is CCCNC(Cc1ccc(Cl)s1)c1ccc(Cl)c(C)c1. The molecule has 0 bridgehead atoms. The highest BCUT2D eigenvalue weighted by Crippen LogP contribution is 2.28. The summed E-state index contributed by atoms with van der Waals surface area (Å²) < 4.78 is 0.849. The Morgan fingerprint density at radius 3 is 2.60 bits per heavy atom. The van der Waals surface area contributed by atoms with E-state index < -0.39 is 0 Å². The minimum Gasteiger partial charge on any atom is -0.310 e. The molecular formula is C16H19Cl2NS. The van der Waals surface area contributed by atoms with Crippen molar-refractivity contribution in [1.29, 1.82) is 0 Å². The lowest BCUT2D eigenvalue weighted by molar-refractivity contribution is 0.532. The summed E-state index contributed by atoms with van der Waals surface area (Å²) in [5, 5.41) is 4.43. The van der Waals surface area contributed by atoms with Gasteiger partial charge in [-0.1, -0.05) is 42.3 Å². The zero-order valence-electron chi connectivity index (χ0n) is 11.7. The zero-order valence-corrected chi connectivity index (χ0v) is 14.1. The second-order valence-electron chi connectivity index (χ2n) is 4.93. The predicted octanol–water partition coefficient (Wildman–Crippen LogP) is 5.65. The van der Waals surface area contributed by atoms with Gasteiger partial charge in [0.25, 0.3) is 0 Å². The van der Waals surface area contributed by atoms with Gasteiger partial charge in [-0.25, -0.2) is 0 Å². The van der Waals surface area contributed by atoms with Crippen molar-refractivity contribution in [2.75, 3.05) is 6.54 Å². The minimum absolute atomic E-state index is 0.306. The highest BCUT2D eigenvalue weighted by atomic mass is 35.5. The minimum atomic E-state index is 0.306. The van der Waals surface area contributed by atoms with Gasteiger partial charge >= 0.3 is 0 Å². The van der Waals surface area contributed by atoms with Crippen LogP contribution in [0.1, 0.15) is 35.4 Å². The van der Waals surface area contributed by atoms with Crippen molar-refractivity contribution in [2.24, 2.45) is 0 Å². The summed E-state index contributed by atoms with van der Waals surface area (Å²) in [6, 6.07) is 10.6. The molecular weight excluding hydrogens is 309 g/mol. The first-order valence-electron chi connectivity index (χ1n) is 6.83. The molecule has 1 nitrogen and oxygen atoms in total. The predicted molar refractivity (Wildman–Crippen MR) is 90.3 cm³/mol. The van der Waals surface area contributed by atoms with Crippen LogP contribution in [0.2, 0.25) is 9.36 Å². The van der Waals surface area contributed by atoms with Crippen LogP contribution in [-0.2, 0) is 6.42 Å². The highest BCUT2D eigenvalue weighted by Gasteiger charge is 2.13. The normalized spacial score (nSPS) is 12.6. The van der Waals surface area contributed by atoms with Crippen LogP contribution in [0, 0.1) is 6.92 Å². The number of hydrogen-bond donors (Lipinski definition) is 1. The molecule has 0 radical (unpaired) electrons. The summed E-state index contributed by atoms with van der Waals surface area (Å²) in [6.07, 6.45) is 2.08. The van der Waals surface area contributed by atoms with E-state index in [0.717, 1.165) is 34.3 Å². The number of aryl methyl sites for hydroxylation is 1. The molecule has 4 heteroatoms. The Kier molecular flexibility index (Phi) is 5.91. The maximum Gasteiger partial charge on any atom is 0.0931 e. The first kappa shape index (κ1) is 15.8. The lowest BCUT2D eigenvalue weighted by Gasteiger charge is -2.19. The molecule has 0 saturated heterocycles. The standard InChI is InChI=1S/C16H19Cl2NS/c1-3-8-19-15(10-13-5-7-16(18)20-13)12-4-6-14(17)11(2)9-12/h4-7,9,15,19H,3,8,10H2,1-2H3. The van der Waals surface area contributed by atoms with Crippen LogP contribution in [-0.4, -0.2) is 6.54 Å². The van der Waals surface area contributed by atoms with Crippen molar-refractivity contribution in [1.82, 2.24) is 5.32 Å². The van der Waals surface area contributed by atoms with Gasteiger partial charge in [0.05, 0.1) is 4.34 Å². The Bertz CT molecular complexity index is 565. The van der Waals surface area contributed by atoms with Crippen LogP contribution in [0.4, 0.5) is 0 Å². The zero-order chi connectivity index (χ0) is 14.5. The van der Waals surface area contributed by atoms with Crippen LogP contribution in [0.25, 0.3) is 0 Å². The van der Waals surface area contributed by atoms with Crippen LogP contribution >= 0.6 is 34.5 Å². The molecule has 1 heterocycles. The fourth-order valence-corrected chi connectivity index (χ4v) is 3.42. The first-order chi connectivity index (χ1) is 9.60. The van der Waals surface area contributed by atoms with Gasteiger partial charge in [-0.05, 0) is 49.2 Å². The van der Waals surface area contributed by atoms with Crippen molar-refractivity contribution >= 4 is 34.5 Å².